The lowest BCUT2D eigenvalue weighted by atomic mass is 9.85. The highest BCUT2D eigenvalue weighted by atomic mass is 16.3. The van der Waals surface area contributed by atoms with Gasteiger partial charge in [0.2, 0.25) is 0 Å². The van der Waals surface area contributed by atoms with Gasteiger partial charge in [-0.2, -0.15) is 0 Å². The van der Waals surface area contributed by atoms with Crippen molar-refractivity contribution in [1.82, 2.24) is 5.32 Å². The van der Waals surface area contributed by atoms with E-state index >= 15 is 0 Å². The van der Waals surface area contributed by atoms with Crippen LogP contribution in [-0.2, 0) is 0 Å². The molecule has 4 heteroatoms. The topological polar surface area (TPSA) is 72.7 Å². The van der Waals surface area contributed by atoms with Gasteiger partial charge in [0.25, 0.3) is 0 Å². The third-order valence-electron chi connectivity index (χ3n) is 2.75. The van der Waals surface area contributed by atoms with Gasteiger partial charge in [-0.3, -0.25) is 0 Å². The zero-order valence-corrected chi connectivity index (χ0v) is 7.98. The lowest BCUT2D eigenvalue weighted by Gasteiger charge is -2.38. The van der Waals surface area contributed by atoms with E-state index < -0.39 is 12.2 Å². The van der Waals surface area contributed by atoms with Crippen molar-refractivity contribution in [2.24, 2.45) is 5.92 Å². The molecule has 0 aromatic carbocycles. The van der Waals surface area contributed by atoms with Crippen LogP contribution in [0.1, 0.15) is 19.8 Å². The van der Waals surface area contributed by atoms with Gasteiger partial charge in [-0.1, -0.05) is 13.3 Å². The molecule has 0 amide bonds. The first-order chi connectivity index (χ1) is 6.20. The summed E-state index contributed by atoms with van der Waals surface area (Å²) in [5.41, 5.74) is 0. The van der Waals surface area contributed by atoms with Crippen molar-refractivity contribution in [3.63, 3.8) is 0 Å². The fourth-order valence-electron chi connectivity index (χ4n) is 1.93. The number of piperidine rings is 1. The molecule has 0 spiro atoms. The third-order valence-corrected chi connectivity index (χ3v) is 2.75. The van der Waals surface area contributed by atoms with E-state index in [9.17, 15) is 10.2 Å². The second kappa shape index (κ2) is 4.91. The minimum Gasteiger partial charge on any atom is -0.396 e. The van der Waals surface area contributed by atoms with Crippen LogP contribution in [0.2, 0.25) is 0 Å². The Morgan fingerprint density at radius 3 is 2.62 bits per heavy atom. The molecule has 1 aliphatic heterocycles. The molecule has 1 saturated heterocycles. The Bertz CT molecular complexity index is 154. The molecule has 0 saturated carbocycles. The van der Waals surface area contributed by atoms with Crippen LogP contribution in [0.3, 0.4) is 0 Å². The lowest BCUT2D eigenvalue weighted by molar-refractivity contribution is -0.0677. The second-order valence-corrected chi connectivity index (χ2v) is 3.71. The smallest absolute Gasteiger partial charge is 0.0927 e. The van der Waals surface area contributed by atoms with E-state index in [0.717, 1.165) is 12.8 Å². The molecular weight excluding hydrogens is 170 g/mol. The van der Waals surface area contributed by atoms with Crippen LogP contribution in [0.25, 0.3) is 0 Å². The molecule has 1 heterocycles. The molecule has 4 atom stereocenters. The first kappa shape index (κ1) is 10.9. The summed E-state index contributed by atoms with van der Waals surface area (Å²) < 4.78 is 0. The molecule has 13 heavy (non-hydrogen) atoms. The monoisotopic (exact) mass is 189 g/mol. The maximum Gasteiger partial charge on any atom is 0.0927 e. The van der Waals surface area contributed by atoms with Gasteiger partial charge in [0, 0.05) is 25.1 Å². The van der Waals surface area contributed by atoms with Gasteiger partial charge in [-0.15, -0.1) is 0 Å². The van der Waals surface area contributed by atoms with E-state index in [0.29, 0.717) is 6.54 Å². The molecule has 4 N–H and O–H groups in total. The van der Waals surface area contributed by atoms with Crippen LogP contribution in [0, 0.1) is 5.92 Å². The van der Waals surface area contributed by atoms with E-state index in [-0.39, 0.29) is 18.6 Å². The number of β-amino-alcohol motifs (C(OH)–C–C–N with tert-alkyl or cyclic N) is 1. The number of hydrogen-bond acceptors (Lipinski definition) is 4. The second-order valence-electron chi connectivity index (χ2n) is 3.71. The van der Waals surface area contributed by atoms with Gasteiger partial charge in [-0.05, 0) is 6.42 Å². The van der Waals surface area contributed by atoms with Crippen LogP contribution < -0.4 is 5.32 Å². The van der Waals surface area contributed by atoms with E-state index in [1.807, 2.05) is 0 Å². The zero-order chi connectivity index (χ0) is 9.84. The minimum absolute atomic E-state index is 0.0735. The number of nitrogens with one attached hydrogen (secondary N) is 1. The minimum atomic E-state index is -0.789. The summed E-state index contributed by atoms with van der Waals surface area (Å²) in [6.07, 6.45) is 0.402. The number of aliphatic hydroxyl groups is 3. The van der Waals surface area contributed by atoms with Gasteiger partial charge in [0.15, 0.2) is 0 Å². The summed E-state index contributed by atoms with van der Waals surface area (Å²) in [4.78, 5) is 0. The third kappa shape index (κ3) is 2.40. The van der Waals surface area contributed by atoms with Gasteiger partial charge in [-0.25, -0.2) is 0 Å². The van der Waals surface area contributed by atoms with E-state index in [2.05, 4.69) is 12.2 Å². The first-order valence-electron chi connectivity index (χ1n) is 4.91. The van der Waals surface area contributed by atoms with Crippen molar-refractivity contribution in [3.8, 4) is 0 Å². The summed E-state index contributed by atoms with van der Waals surface area (Å²) in [5, 5.41) is 31.1. The van der Waals surface area contributed by atoms with E-state index in [1.165, 1.54) is 0 Å². The molecule has 1 fully saturated rings. The van der Waals surface area contributed by atoms with E-state index in [4.69, 9.17) is 5.11 Å². The Morgan fingerprint density at radius 1 is 1.38 bits per heavy atom. The highest BCUT2D eigenvalue weighted by molar-refractivity contribution is 4.91. The van der Waals surface area contributed by atoms with Gasteiger partial charge in [0.05, 0.1) is 12.2 Å². The summed E-state index contributed by atoms with van der Waals surface area (Å²) in [6.45, 7) is 2.41. The Labute approximate surface area is 78.6 Å². The predicted octanol–water partition coefficient (Wildman–Crippen LogP) is -0.911. The number of aliphatic hydroxyl groups excluding tert-OH is 3. The standard InChI is InChI=1S/C9H19NO3/c1-2-3-7-6(5-11)9(13)8(12)4-10-7/h6-13H,2-5H2,1H3/t6-,7-,8+,9+/m0/s1. The van der Waals surface area contributed by atoms with Gasteiger partial charge >= 0.3 is 0 Å². The quantitative estimate of drug-likeness (QED) is 0.464. The Kier molecular flexibility index (Phi) is 4.12. The van der Waals surface area contributed by atoms with Crippen LogP contribution >= 0.6 is 0 Å². The lowest BCUT2D eigenvalue weighted by Crippen LogP contribution is -2.57. The fourth-order valence-corrected chi connectivity index (χ4v) is 1.93. The number of rotatable bonds is 3. The summed E-state index contributed by atoms with van der Waals surface area (Å²) >= 11 is 0. The summed E-state index contributed by atoms with van der Waals surface area (Å²) in [5.74, 6) is -0.233. The first-order valence-corrected chi connectivity index (χ1v) is 4.91. The van der Waals surface area contributed by atoms with Gasteiger partial charge in [0.1, 0.15) is 0 Å². The molecule has 0 aliphatic carbocycles. The molecule has 1 aliphatic rings. The van der Waals surface area contributed by atoms with Crippen molar-refractivity contribution in [2.75, 3.05) is 13.2 Å². The molecular formula is C9H19NO3. The molecule has 0 unspecified atom stereocenters. The summed E-state index contributed by atoms with van der Waals surface area (Å²) in [6, 6.07) is 0.133. The van der Waals surface area contributed by atoms with Crippen LogP contribution in [0.5, 0.6) is 0 Å². The SMILES string of the molecule is CCC[C@@H]1NC[C@@H](O)[C@H](O)[C@H]1CO. The molecule has 1 rings (SSSR count). The Hall–Kier alpha value is -0.160. The average molecular weight is 189 g/mol. The van der Waals surface area contributed by atoms with Crippen molar-refractivity contribution in [2.45, 2.75) is 38.0 Å². The molecule has 0 bridgehead atoms. The Balaban J connectivity index is 2.55. The largest absolute Gasteiger partial charge is 0.396 e. The predicted molar refractivity (Wildman–Crippen MR) is 49.3 cm³/mol. The van der Waals surface area contributed by atoms with Crippen molar-refractivity contribution < 1.29 is 15.3 Å². The molecule has 4 nitrogen and oxygen atoms in total. The van der Waals surface area contributed by atoms with Gasteiger partial charge < -0.3 is 20.6 Å². The maximum atomic E-state index is 9.58. The maximum absolute atomic E-state index is 9.58. The normalized spacial score (nSPS) is 40.6. The summed E-state index contributed by atoms with van der Waals surface area (Å²) in [7, 11) is 0. The van der Waals surface area contributed by atoms with Crippen LogP contribution in [0.4, 0.5) is 0 Å². The van der Waals surface area contributed by atoms with Crippen LogP contribution in [-0.4, -0.2) is 46.7 Å². The van der Waals surface area contributed by atoms with E-state index in [1.54, 1.807) is 0 Å². The number of hydrogen-bond donors (Lipinski definition) is 4. The zero-order valence-electron chi connectivity index (χ0n) is 7.98. The average Bonchev–Trinajstić information content (AvgIpc) is 2.12. The van der Waals surface area contributed by atoms with Crippen molar-refractivity contribution >= 4 is 0 Å². The fraction of sp³-hybridized carbons (Fsp3) is 1.00. The highest BCUT2D eigenvalue weighted by Crippen LogP contribution is 2.20. The molecule has 0 radical (unpaired) electrons. The van der Waals surface area contributed by atoms with Crippen molar-refractivity contribution in [3.05, 3.63) is 0 Å². The van der Waals surface area contributed by atoms with Crippen molar-refractivity contribution in [1.29, 1.82) is 0 Å². The molecule has 0 aromatic heterocycles. The highest BCUT2D eigenvalue weighted by Gasteiger charge is 2.36. The van der Waals surface area contributed by atoms with Crippen LogP contribution in [0.15, 0.2) is 0 Å². The molecule has 0 aromatic rings. The molecule has 78 valence electrons. The Morgan fingerprint density at radius 2 is 2.08 bits per heavy atom.